The number of hydrogen-bond acceptors (Lipinski definition) is 5. The Kier molecular flexibility index (Phi) is 4.31. The van der Waals surface area contributed by atoms with Crippen LogP contribution in [0.1, 0.15) is 0 Å². The Morgan fingerprint density at radius 2 is 2.00 bits per heavy atom. The van der Waals surface area contributed by atoms with Gasteiger partial charge in [0.15, 0.2) is 0 Å². The maximum absolute atomic E-state index is 11.6. The number of halogens is 3. The molecule has 4 N–H and O–H groups in total. The third kappa shape index (κ3) is 3.58. The fourth-order valence-corrected chi connectivity index (χ4v) is 0.463. The highest BCUT2D eigenvalue weighted by Crippen LogP contribution is 2.17. The average Bonchev–Trinajstić information content (AvgIpc) is 2.10. The van der Waals surface area contributed by atoms with Crippen molar-refractivity contribution in [3.05, 3.63) is 0 Å². The molecule has 0 aliphatic heterocycles. The van der Waals surface area contributed by atoms with Crippen LogP contribution in [0.15, 0.2) is 0 Å². The van der Waals surface area contributed by atoms with Gasteiger partial charge in [0.05, 0.1) is 6.61 Å². The lowest BCUT2D eigenvalue weighted by Gasteiger charge is -2.14. The Morgan fingerprint density at radius 3 is 2.29 bits per heavy atom. The van der Waals surface area contributed by atoms with Crippen molar-refractivity contribution < 1.29 is 32.6 Å². The molecule has 0 aromatic carbocycles. The lowest BCUT2D eigenvalue weighted by Crippen LogP contribution is -2.45. The van der Waals surface area contributed by atoms with Crippen molar-refractivity contribution in [2.24, 2.45) is 5.84 Å². The molecule has 0 radical (unpaired) electrons. The fourth-order valence-electron chi connectivity index (χ4n) is 0.463. The van der Waals surface area contributed by atoms with Crippen LogP contribution in [0.2, 0.25) is 0 Å². The molecule has 0 aliphatic carbocycles. The van der Waals surface area contributed by atoms with Crippen LogP contribution in [0.5, 0.6) is 0 Å². The number of rotatable bonds is 3. The van der Waals surface area contributed by atoms with E-state index in [2.05, 4.69) is 10.6 Å². The van der Waals surface area contributed by atoms with Crippen molar-refractivity contribution in [2.45, 2.75) is 12.3 Å². The molecule has 0 spiro atoms. The number of nitrogens with two attached hydrogens (primary N) is 1. The first-order valence-corrected chi connectivity index (χ1v) is 3.22. The van der Waals surface area contributed by atoms with Gasteiger partial charge in [0.2, 0.25) is 6.10 Å². The van der Waals surface area contributed by atoms with Crippen molar-refractivity contribution in [3.8, 4) is 0 Å². The third-order valence-corrected chi connectivity index (χ3v) is 1.08. The standard InChI is InChI=1S/C5H7F3N2O4/c6-5(7,8)4(13)14-2(1-11)3(12)10-9/h2,11H,1,9H2,(H,10,12). The molecule has 82 valence electrons. The summed E-state index contributed by atoms with van der Waals surface area (Å²) in [5.41, 5.74) is 1.43. The molecule has 0 aliphatic rings. The quantitative estimate of drug-likeness (QED) is 0.229. The topological polar surface area (TPSA) is 102 Å². The number of alkyl halides is 3. The Bertz CT molecular complexity index is 230. The van der Waals surface area contributed by atoms with Crippen LogP contribution in [0.25, 0.3) is 0 Å². The zero-order valence-electron chi connectivity index (χ0n) is 6.67. The van der Waals surface area contributed by atoms with E-state index in [1.54, 1.807) is 0 Å². The maximum atomic E-state index is 11.6. The van der Waals surface area contributed by atoms with Gasteiger partial charge in [0.25, 0.3) is 5.91 Å². The van der Waals surface area contributed by atoms with Crippen molar-refractivity contribution in [3.63, 3.8) is 0 Å². The summed E-state index contributed by atoms with van der Waals surface area (Å²) >= 11 is 0. The molecule has 0 aromatic rings. The van der Waals surface area contributed by atoms with E-state index in [1.807, 2.05) is 0 Å². The second kappa shape index (κ2) is 4.77. The van der Waals surface area contributed by atoms with Crippen molar-refractivity contribution >= 4 is 11.9 Å². The molecule has 0 saturated heterocycles. The summed E-state index contributed by atoms with van der Waals surface area (Å²) in [5.74, 6) is 0.749. The van der Waals surface area contributed by atoms with Gasteiger partial charge in [0, 0.05) is 0 Å². The number of aliphatic hydroxyl groups excluding tert-OH is 1. The Labute approximate surface area is 75.8 Å². The summed E-state index contributed by atoms with van der Waals surface area (Å²) in [4.78, 5) is 20.7. The monoisotopic (exact) mass is 216 g/mol. The first kappa shape index (κ1) is 12.7. The van der Waals surface area contributed by atoms with Gasteiger partial charge in [0.1, 0.15) is 0 Å². The molecule has 14 heavy (non-hydrogen) atoms. The predicted molar refractivity (Wildman–Crippen MR) is 35.4 cm³/mol. The number of hydrazine groups is 1. The number of aliphatic hydroxyl groups is 1. The van der Waals surface area contributed by atoms with Gasteiger partial charge in [-0.15, -0.1) is 0 Å². The molecule has 1 amide bonds. The minimum Gasteiger partial charge on any atom is -0.443 e. The smallest absolute Gasteiger partial charge is 0.443 e. The average molecular weight is 216 g/mol. The van der Waals surface area contributed by atoms with Gasteiger partial charge in [-0.25, -0.2) is 10.6 Å². The van der Waals surface area contributed by atoms with Crippen LogP contribution in [0.3, 0.4) is 0 Å². The number of hydrogen-bond donors (Lipinski definition) is 3. The highest BCUT2D eigenvalue weighted by Gasteiger charge is 2.43. The van der Waals surface area contributed by atoms with E-state index < -0.39 is 30.8 Å². The normalized spacial score (nSPS) is 13.2. The number of carbonyl (C=O) groups is 2. The summed E-state index contributed by atoms with van der Waals surface area (Å²) in [5, 5.41) is 8.38. The molecule has 0 saturated carbocycles. The van der Waals surface area contributed by atoms with E-state index in [-0.39, 0.29) is 0 Å². The van der Waals surface area contributed by atoms with E-state index in [1.165, 1.54) is 5.43 Å². The molecule has 1 unspecified atom stereocenters. The maximum Gasteiger partial charge on any atom is 0.490 e. The SMILES string of the molecule is NNC(=O)C(CO)OC(=O)C(F)(F)F. The lowest BCUT2D eigenvalue weighted by molar-refractivity contribution is -0.206. The van der Waals surface area contributed by atoms with Crippen molar-refractivity contribution in [2.75, 3.05) is 6.61 Å². The zero-order chi connectivity index (χ0) is 11.4. The Balaban J connectivity index is 4.34. The fraction of sp³-hybridized carbons (Fsp3) is 0.600. The van der Waals surface area contributed by atoms with Gasteiger partial charge in [-0.05, 0) is 0 Å². The summed E-state index contributed by atoms with van der Waals surface area (Å²) in [6.07, 6.45) is -7.18. The van der Waals surface area contributed by atoms with Crippen LogP contribution in [-0.2, 0) is 14.3 Å². The molecule has 0 fully saturated rings. The lowest BCUT2D eigenvalue weighted by atomic mass is 10.3. The van der Waals surface area contributed by atoms with Crippen molar-refractivity contribution in [1.29, 1.82) is 0 Å². The number of esters is 1. The van der Waals surface area contributed by atoms with E-state index in [0.717, 1.165) is 0 Å². The minimum atomic E-state index is -5.22. The van der Waals surface area contributed by atoms with Gasteiger partial charge >= 0.3 is 12.1 Å². The molecule has 0 aromatic heterocycles. The summed E-state index contributed by atoms with van der Waals surface area (Å²) in [7, 11) is 0. The van der Waals surface area contributed by atoms with Gasteiger partial charge in [-0.1, -0.05) is 0 Å². The molecule has 0 heterocycles. The first-order chi connectivity index (χ1) is 6.32. The second-order valence-electron chi connectivity index (χ2n) is 2.08. The number of amides is 1. The summed E-state index contributed by atoms with van der Waals surface area (Å²) in [6.45, 7) is -1.09. The third-order valence-electron chi connectivity index (χ3n) is 1.08. The summed E-state index contributed by atoms with van der Waals surface area (Å²) < 4.78 is 38.4. The summed E-state index contributed by atoms with van der Waals surface area (Å²) in [6, 6.07) is 0. The second-order valence-corrected chi connectivity index (χ2v) is 2.08. The number of carbonyl (C=O) groups excluding carboxylic acids is 2. The molecule has 1 atom stereocenters. The number of nitrogens with one attached hydrogen (secondary N) is 1. The van der Waals surface area contributed by atoms with Crippen molar-refractivity contribution in [1.82, 2.24) is 5.43 Å². The van der Waals surface area contributed by atoms with E-state index >= 15 is 0 Å². The molecular weight excluding hydrogens is 209 g/mol. The van der Waals surface area contributed by atoms with E-state index in [4.69, 9.17) is 5.11 Å². The van der Waals surface area contributed by atoms with E-state index in [9.17, 15) is 22.8 Å². The van der Waals surface area contributed by atoms with Gasteiger partial charge < -0.3 is 9.84 Å². The zero-order valence-corrected chi connectivity index (χ0v) is 6.67. The molecule has 6 nitrogen and oxygen atoms in total. The van der Waals surface area contributed by atoms with Crippen LogP contribution in [-0.4, -0.2) is 35.9 Å². The van der Waals surface area contributed by atoms with E-state index in [0.29, 0.717) is 0 Å². The first-order valence-electron chi connectivity index (χ1n) is 3.22. The predicted octanol–water partition coefficient (Wildman–Crippen LogP) is -1.56. The van der Waals surface area contributed by atoms with Gasteiger partial charge in [-0.3, -0.25) is 10.2 Å². The molecule has 9 heteroatoms. The highest BCUT2D eigenvalue weighted by molar-refractivity contribution is 5.84. The van der Waals surface area contributed by atoms with Crippen LogP contribution in [0, 0.1) is 0 Å². The van der Waals surface area contributed by atoms with Crippen LogP contribution >= 0.6 is 0 Å². The highest BCUT2D eigenvalue weighted by atomic mass is 19.4. The van der Waals surface area contributed by atoms with Gasteiger partial charge in [-0.2, -0.15) is 13.2 Å². The van der Waals surface area contributed by atoms with Crippen LogP contribution in [0.4, 0.5) is 13.2 Å². The Morgan fingerprint density at radius 1 is 1.50 bits per heavy atom. The number of ether oxygens (including phenoxy) is 1. The Hall–Kier alpha value is -1.35. The minimum absolute atomic E-state index is 1.09. The molecular formula is C5H7F3N2O4. The van der Waals surface area contributed by atoms with Crippen LogP contribution < -0.4 is 11.3 Å². The largest absolute Gasteiger partial charge is 0.490 e. The molecule has 0 rings (SSSR count). The molecule has 0 bridgehead atoms.